The predicted molar refractivity (Wildman–Crippen MR) is 218 cm³/mol. The molecule has 1 aliphatic rings. The van der Waals surface area contributed by atoms with Gasteiger partial charge in [-0.25, -0.2) is 0 Å². The zero-order chi connectivity index (χ0) is 34.6. The summed E-state index contributed by atoms with van der Waals surface area (Å²) in [5, 5.41) is 11.7. The summed E-state index contributed by atoms with van der Waals surface area (Å²) in [6.07, 6.45) is 0.643. The van der Waals surface area contributed by atoms with E-state index in [1.54, 1.807) is 0 Å². The van der Waals surface area contributed by atoms with Gasteiger partial charge < -0.3 is 13.6 Å². The Hall–Kier alpha value is -6.84. The summed E-state index contributed by atoms with van der Waals surface area (Å²) in [6.45, 7) is 0. The van der Waals surface area contributed by atoms with Gasteiger partial charge in [0, 0.05) is 44.7 Å². The van der Waals surface area contributed by atoms with E-state index in [0.29, 0.717) is 0 Å². The molecule has 1 unspecified atom stereocenters. The molecular formula is C50H30O3. The van der Waals surface area contributed by atoms with E-state index in [-0.39, 0.29) is 6.10 Å². The molecular weight excluding hydrogens is 649 g/mol. The number of fused-ring (bicyclic) bond motifs is 11. The maximum Gasteiger partial charge on any atom is 0.142 e. The molecule has 3 heteroatoms. The number of hydrogen-bond donors (Lipinski definition) is 0. The average molecular weight is 679 g/mol. The van der Waals surface area contributed by atoms with Crippen LogP contribution in [0.1, 0.15) is 17.2 Å². The van der Waals surface area contributed by atoms with Crippen LogP contribution in [0.25, 0.3) is 98.4 Å². The molecule has 12 rings (SSSR count). The van der Waals surface area contributed by atoms with Crippen molar-refractivity contribution < 1.29 is 13.6 Å². The Morgan fingerprint density at radius 3 is 1.74 bits per heavy atom. The lowest BCUT2D eigenvalue weighted by molar-refractivity contribution is 0.239. The Bertz CT molecular complexity index is 3230. The van der Waals surface area contributed by atoms with Crippen molar-refractivity contribution in [1.29, 1.82) is 0 Å². The predicted octanol–water partition coefficient (Wildman–Crippen LogP) is 14.0. The smallest absolute Gasteiger partial charge is 0.142 e. The van der Waals surface area contributed by atoms with Gasteiger partial charge in [0.1, 0.15) is 34.2 Å². The highest BCUT2D eigenvalue weighted by atomic mass is 16.5. The highest BCUT2D eigenvalue weighted by molar-refractivity contribution is 6.23. The summed E-state index contributed by atoms with van der Waals surface area (Å²) in [5.74, 6) is 0.911. The fraction of sp³-hybridized carbons (Fsp3) is 0.0400. The number of hydrogen-bond acceptors (Lipinski definition) is 3. The lowest BCUT2D eigenvalue weighted by Crippen LogP contribution is -2.02. The number of rotatable bonds is 3. The SMILES string of the molecule is c1ccc(C2Cc3c(c(-c4c5ccccc5c(-c5ccc6cc7c(cc6c5)oc5ccccc57)c5ccccc45)cc4c3oc3ccccc34)O2)cc1. The standard InChI is InChI=1S/C50H30O3/c1-2-12-29(13-3-1)45-28-42-49-40(34-15-9-11-21-44(34)52-49)27-41(50(42)53-45)48-37-18-6-4-16-35(37)47(36-17-5-7-19-38(36)48)31-23-22-30-25-39-33-14-8-10-20-43(33)51-46(39)26-32(30)24-31/h1-27,45H,28H2. The molecule has 53 heavy (non-hydrogen) atoms. The third-order valence-electron chi connectivity index (χ3n) is 11.4. The van der Waals surface area contributed by atoms with E-state index < -0.39 is 0 Å². The van der Waals surface area contributed by atoms with E-state index >= 15 is 0 Å². The van der Waals surface area contributed by atoms with Gasteiger partial charge in [0.25, 0.3) is 0 Å². The molecule has 1 atom stereocenters. The third-order valence-corrected chi connectivity index (χ3v) is 11.4. The minimum Gasteiger partial charge on any atom is -0.484 e. The van der Waals surface area contributed by atoms with Crippen molar-refractivity contribution in [3.8, 4) is 28.0 Å². The van der Waals surface area contributed by atoms with Gasteiger partial charge in [-0.05, 0) is 85.4 Å². The van der Waals surface area contributed by atoms with Gasteiger partial charge in [-0.2, -0.15) is 0 Å². The van der Waals surface area contributed by atoms with Crippen LogP contribution >= 0.6 is 0 Å². The van der Waals surface area contributed by atoms with Crippen LogP contribution in [0.2, 0.25) is 0 Å². The fourth-order valence-electron chi connectivity index (χ4n) is 8.99. The van der Waals surface area contributed by atoms with E-state index in [2.05, 4.69) is 146 Å². The second-order valence-corrected chi connectivity index (χ2v) is 14.3. The molecule has 11 aromatic rings. The van der Waals surface area contributed by atoms with E-state index in [4.69, 9.17) is 13.6 Å². The Labute approximate surface area is 304 Å². The van der Waals surface area contributed by atoms with Crippen molar-refractivity contribution in [2.75, 3.05) is 0 Å². The molecule has 0 radical (unpaired) electrons. The van der Waals surface area contributed by atoms with Crippen molar-refractivity contribution >= 4 is 76.2 Å². The lowest BCUT2D eigenvalue weighted by Gasteiger charge is -2.20. The fourth-order valence-corrected chi connectivity index (χ4v) is 8.99. The molecule has 1 aliphatic heterocycles. The second kappa shape index (κ2) is 10.8. The third kappa shape index (κ3) is 4.16. The Morgan fingerprint density at radius 1 is 0.415 bits per heavy atom. The lowest BCUT2D eigenvalue weighted by atomic mass is 9.84. The highest BCUT2D eigenvalue weighted by Crippen LogP contribution is 2.53. The molecule has 0 aliphatic carbocycles. The molecule has 0 saturated carbocycles. The minimum absolute atomic E-state index is 0.101. The van der Waals surface area contributed by atoms with Crippen molar-refractivity contribution in [2.24, 2.45) is 0 Å². The molecule has 0 N–H and O–H groups in total. The van der Waals surface area contributed by atoms with Crippen LogP contribution in [0.5, 0.6) is 5.75 Å². The van der Waals surface area contributed by atoms with E-state index in [1.165, 1.54) is 49.2 Å². The van der Waals surface area contributed by atoms with Crippen LogP contribution in [0, 0.1) is 0 Å². The Balaban J connectivity index is 1.14. The summed E-state index contributed by atoms with van der Waals surface area (Å²) < 4.78 is 20.0. The van der Waals surface area contributed by atoms with Crippen molar-refractivity contribution in [1.82, 2.24) is 0 Å². The molecule has 2 aromatic heterocycles. The van der Waals surface area contributed by atoms with Crippen LogP contribution in [0.15, 0.2) is 173 Å². The van der Waals surface area contributed by atoms with Crippen LogP contribution in [0.4, 0.5) is 0 Å². The van der Waals surface area contributed by atoms with Gasteiger partial charge in [-0.3, -0.25) is 0 Å². The number of benzene rings is 9. The van der Waals surface area contributed by atoms with Crippen LogP contribution < -0.4 is 4.74 Å². The van der Waals surface area contributed by atoms with E-state index in [9.17, 15) is 0 Å². The zero-order valence-corrected chi connectivity index (χ0v) is 28.6. The van der Waals surface area contributed by atoms with Crippen molar-refractivity contribution in [3.05, 3.63) is 175 Å². The Kier molecular flexibility index (Phi) is 5.89. The normalized spacial score (nSPS) is 14.3. The summed E-state index contributed by atoms with van der Waals surface area (Å²) in [7, 11) is 0. The monoisotopic (exact) mass is 678 g/mol. The molecule has 0 spiro atoms. The molecule has 0 bridgehead atoms. The van der Waals surface area contributed by atoms with Crippen LogP contribution in [-0.4, -0.2) is 0 Å². The Morgan fingerprint density at radius 2 is 1.02 bits per heavy atom. The first kappa shape index (κ1) is 28.8. The van der Waals surface area contributed by atoms with Gasteiger partial charge in [-0.1, -0.05) is 127 Å². The largest absolute Gasteiger partial charge is 0.484 e. The molecule has 0 saturated heterocycles. The summed E-state index contributed by atoms with van der Waals surface area (Å²) in [5.41, 5.74) is 10.6. The summed E-state index contributed by atoms with van der Waals surface area (Å²) in [4.78, 5) is 0. The average Bonchev–Trinajstić information content (AvgIpc) is 3.93. The molecule has 0 amide bonds. The number of ether oxygens (including phenoxy) is 1. The van der Waals surface area contributed by atoms with Gasteiger partial charge in [0.2, 0.25) is 0 Å². The topological polar surface area (TPSA) is 35.5 Å². The maximum absolute atomic E-state index is 7.03. The molecule has 248 valence electrons. The molecule has 0 fully saturated rings. The zero-order valence-electron chi connectivity index (χ0n) is 28.6. The number of furan rings is 2. The summed E-state index contributed by atoms with van der Waals surface area (Å²) >= 11 is 0. The van der Waals surface area contributed by atoms with Gasteiger partial charge >= 0.3 is 0 Å². The first-order valence-electron chi connectivity index (χ1n) is 18.2. The molecule has 9 aromatic carbocycles. The first-order chi connectivity index (χ1) is 26.3. The van der Waals surface area contributed by atoms with Gasteiger partial charge in [0.05, 0.1) is 0 Å². The van der Waals surface area contributed by atoms with E-state index in [1.807, 2.05) is 18.2 Å². The van der Waals surface area contributed by atoms with E-state index in [0.717, 1.165) is 72.6 Å². The van der Waals surface area contributed by atoms with Gasteiger partial charge in [-0.15, -0.1) is 0 Å². The highest BCUT2D eigenvalue weighted by Gasteiger charge is 2.33. The quantitative estimate of drug-likeness (QED) is 0.175. The minimum atomic E-state index is -0.101. The molecule has 3 nitrogen and oxygen atoms in total. The maximum atomic E-state index is 7.03. The number of para-hydroxylation sites is 2. The first-order valence-corrected chi connectivity index (χ1v) is 18.2. The summed E-state index contributed by atoms with van der Waals surface area (Å²) in [6, 6.07) is 58.5. The van der Waals surface area contributed by atoms with Crippen LogP contribution in [-0.2, 0) is 6.42 Å². The van der Waals surface area contributed by atoms with Crippen molar-refractivity contribution in [2.45, 2.75) is 12.5 Å². The van der Waals surface area contributed by atoms with Gasteiger partial charge in [0.15, 0.2) is 0 Å². The second-order valence-electron chi connectivity index (χ2n) is 14.3. The van der Waals surface area contributed by atoms with Crippen molar-refractivity contribution in [3.63, 3.8) is 0 Å². The molecule has 3 heterocycles. The van der Waals surface area contributed by atoms with Crippen LogP contribution in [0.3, 0.4) is 0 Å².